The van der Waals surface area contributed by atoms with Gasteiger partial charge in [0.25, 0.3) is 17.7 Å². The zero-order valence-corrected chi connectivity index (χ0v) is 17.8. The maximum absolute atomic E-state index is 12.8. The summed E-state index contributed by atoms with van der Waals surface area (Å²) in [5.74, 6) is -1.62. The SMILES string of the molecule is CCCOC(=O)c1ccc(NC(=O)c2ccc3c(c2)C(=O)N(CC2CCCO2)C3=O)cc1. The van der Waals surface area contributed by atoms with E-state index < -0.39 is 17.8 Å². The third kappa shape index (κ3) is 4.40. The summed E-state index contributed by atoms with van der Waals surface area (Å²) in [6, 6.07) is 10.8. The number of anilines is 1. The minimum absolute atomic E-state index is 0.137. The predicted octanol–water partition coefficient (Wildman–Crippen LogP) is 3.28. The van der Waals surface area contributed by atoms with Crippen LogP contribution in [-0.4, -0.2) is 54.5 Å². The summed E-state index contributed by atoms with van der Waals surface area (Å²) in [6.07, 6.45) is 2.33. The van der Waals surface area contributed by atoms with Crippen molar-refractivity contribution in [3.63, 3.8) is 0 Å². The molecule has 8 nitrogen and oxygen atoms in total. The van der Waals surface area contributed by atoms with Crippen molar-refractivity contribution in [1.29, 1.82) is 0 Å². The number of amides is 3. The van der Waals surface area contributed by atoms with Gasteiger partial charge in [0.05, 0.1) is 35.9 Å². The molecule has 1 unspecified atom stereocenters. The van der Waals surface area contributed by atoms with Crippen LogP contribution in [0, 0.1) is 0 Å². The molecule has 1 N–H and O–H groups in total. The van der Waals surface area contributed by atoms with Crippen LogP contribution in [0.3, 0.4) is 0 Å². The Kier molecular flexibility index (Phi) is 6.32. The molecule has 4 rings (SSSR count). The largest absolute Gasteiger partial charge is 0.462 e. The van der Waals surface area contributed by atoms with E-state index in [0.29, 0.717) is 30.0 Å². The Bertz CT molecular complexity index is 1060. The van der Waals surface area contributed by atoms with Gasteiger partial charge in [-0.1, -0.05) is 6.92 Å². The number of hydrogen-bond donors (Lipinski definition) is 1. The third-order valence-corrected chi connectivity index (χ3v) is 5.46. The Morgan fingerprint density at radius 2 is 1.78 bits per heavy atom. The summed E-state index contributed by atoms with van der Waals surface area (Å²) >= 11 is 0. The highest BCUT2D eigenvalue weighted by atomic mass is 16.5. The van der Waals surface area contributed by atoms with Crippen LogP contribution in [0.15, 0.2) is 42.5 Å². The molecule has 8 heteroatoms. The Morgan fingerprint density at radius 1 is 1.06 bits per heavy atom. The highest BCUT2D eigenvalue weighted by Gasteiger charge is 2.37. The monoisotopic (exact) mass is 436 g/mol. The van der Waals surface area contributed by atoms with E-state index in [1.165, 1.54) is 23.1 Å². The lowest BCUT2D eigenvalue weighted by atomic mass is 10.1. The lowest BCUT2D eigenvalue weighted by Gasteiger charge is -2.17. The number of carbonyl (C=O) groups is 4. The summed E-state index contributed by atoms with van der Waals surface area (Å²) in [4.78, 5) is 51.2. The average Bonchev–Trinajstić information content (AvgIpc) is 3.40. The summed E-state index contributed by atoms with van der Waals surface area (Å²) < 4.78 is 10.6. The van der Waals surface area contributed by atoms with Crippen LogP contribution in [-0.2, 0) is 9.47 Å². The minimum Gasteiger partial charge on any atom is -0.462 e. The minimum atomic E-state index is -0.424. The maximum Gasteiger partial charge on any atom is 0.338 e. The van der Waals surface area contributed by atoms with Gasteiger partial charge in [0.15, 0.2) is 0 Å². The van der Waals surface area contributed by atoms with Crippen LogP contribution in [0.5, 0.6) is 0 Å². The van der Waals surface area contributed by atoms with Gasteiger partial charge in [-0.2, -0.15) is 0 Å². The topological polar surface area (TPSA) is 102 Å². The summed E-state index contributed by atoms with van der Waals surface area (Å²) in [6.45, 7) is 3.12. The molecule has 2 heterocycles. The highest BCUT2D eigenvalue weighted by molar-refractivity contribution is 6.22. The fourth-order valence-corrected chi connectivity index (χ4v) is 3.76. The molecular weight excluding hydrogens is 412 g/mol. The predicted molar refractivity (Wildman–Crippen MR) is 116 cm³/mol. The lowest BCUT2D eigenvalue weighted by Crippen LogP contribution is -2.36. The number of fused-ring (bicyclic) bond motifs is 1. The quantitative estimate of drug-likeness (QED) is 0.528. The molecule has 32 heavy (non-hydrogen) atoms. The molecule has 0 saturated carbocycles. The van der Waals surface area contributed by atoms with Crippen LogP contribution in [0.4, 0.5) is 5.69 Å². The molecule has 0 bridgehead atoms. The zero-order valence-electron chi connectivity index (χ0n) is 17.8. The number of benzene rings is 2. The average molecular weight is 436 g/mol. The number of rotatable bonds is 7. The number of esters is 1. The second-order valence-corrected chi connectivity index (χ2v) is 7.78. The summed E-state index contributed by atoms with van der Waals surface area (Å²) in [5.41, 5.74) is 1.65. The molecule has 2 aliphatic rings. The van der Waals surface area contributed by atoms with E-state index in [0.717, 1.165) is 19.3 Å². The smallest absolute Gasteiger partial charge is 0.338 e. The van der Waals surface area contributed by atoms with E-state index in [1.807, 2.05) is 6.92 Å². The fourth-order valence-electron chi connectivity index (χ4n) is 3.76. The Morgan fingerprint density at radius 3 is 2.47 bits per heavy atom. The molecule has 2 aliphatic heterocycles. The first-order chi connectivity index (χ1) is 15.5. The third-order valence-electron chi connectivity index (χ3n) is 5.46. The number of hydrogen-bond acceptors (Lipinski definition) is 6. The van der Waals surface area contributed by atoms with Crippen molar-refractivity contribution in [2.45, 2.75) is 32.3 Å². The number of carbonyl (C=O) groups excluding carboxylic acids is 4. The zero-order chi connectivity index (χ0) is 22.7. The first-order valence-corrected chi connectivity index (χ1v) is 10.7. The van der Waals surface area contributed by atoms with Gasteiger partial charge in [-0.05, 0) is 61.7 Å². The van der Waals surface area contributed by atoms with Gasteiger partial charge >= 0.3 is 5.97 Å². The Hall–Kier alpha value is -3.52. The van der Waals surface area contributed by atoms with Gasteiger partial charge in [-0.15, -0.1) is 0 Å². The number of nitrogens with zero attached hydrogens (tertiary/aromatic N) is 1. The molecule has 1 fully saturated rings. The van der Waals surface area contributed by atoms with Crippen molar-refractivity contribution >= 4 is 29.4 Å². The first-order valence-electron chi connectivity index (χ1n) is 10.7. The molecular formula is C24H24N2O6. The molecule has 0 aliphatic carbocycles. The van der Waals surface area contributed by atoms with Gasteiger partial charge < -0.3 is 14.8 Å². The van der Waals surface area contributed by atoms with Crippen molar-refractivity contribution < 1.29 is 28.7 Å². The second-order valence-electron chi connectivity index (χ2n) is 7.78. The van der Waals surface area contributed by atoms with Crippen LogP contribution < -0.4 is 5.32 Å². The summed E-state index contributed by atoms with van der Waals surface area (Å²) in [5, 5.41) is 2.73. The normalized spacial score (nSPS) is 17.4. The molecule has 0 aromatic heterocycles. The van der Waals surface area contributed by atoms with Crippen LogP contribution in [0.2, 0.25) is 0 Å². The molecule has 2 aromatic rings. The van der Waals surface area contributed by atoms with E-state index in [9.17, 15) is 19.2 Å². The van der Waals surface area contributed by atoms with E-state index in [-0.39, 0.29) is 29.7 Å². The first kappa shape index (κ1) is 21.7. The molecule has 1 saturated heterocycles. The maximum atomic E-state index is 12.8. The van der Waals surface area contributed by atoms with Gasteiger partial charge in [-0.25, -0.2) is 4.79 Å². The van der Waals surface area contributed by atoms with Gasteiger partial charge in [0.2, 0.25) is 0 Å². The van der Waals surface area contributed by atoms with E-state index >= 15 is 0 Å². The van der Waals surface area contributed by atoms with Gasteiger partial charge in [0, 0.05) is 17.9 Å². The van der Waals surface area contributed by atoms with Crippen LogP contribution >= 0.6 is 0 Å². The Balaban J connectivity index is 1.44. The van der Waals surface area contributed by atoms with Crippen LogP contribution in [0.1, 0.15) is 67.6 Å². The Labute approximate surface area is 185 Å². The van der Waals surface area contributed by atoms with Gasteiger partial charge in [0.1, 0.15) is 0 Å². The standard InChI is InChI=1S/C24H24N2O6/c1-2-11-32-24(30)15-5-8-17(9-6-15)25-21(27)16-7-10-19-20(13-16)23(29)26(22(19)28)14-18-4-3-12-31-18/h5-10,13,18H,2-4,11-12,14H2,1H3,(H,25,27). The van der Waals surface area contributed by atoms with Crippen molar-refractivity contribution in [2.75, 3.05) is 25.1 Å². The van der Waals surface area contributed by atoms with Crippen molar-refractivity contribution in [2.24, 2.45) is 0 Å². The van der Waals surface area contributed by atoms with E-state index in [4.69, 9.17) is 9.47 Å². The molecule has 0 spiro atoms. The second kappa shape index (κ2) is 9.32. The number of ether oxygens (including phenoxy) is 2. The number of imide groups is 1. The molecule has 0 radical (unpaired) electrons. The molecule has 2 aromatic carbocycles. The highest BCUT2D eigenvalue weighted by Crippen LogP contribution is 2.26. The molecule has 3 amide bonds. The summed E-state index contributed by atoms with van der Waals surface area (Å²) in [7, 11) is 0. The molecule has 166 valence electrons. The lowest BCUT2D eigenvalue weighted by molar-refractivity contribution is 0.0473. The fraction of sp³-hybridized carbons (Fsp3) is 0.333. The van der Waals surface area contributed by atoms with E-state index in [1.54, 1.807) is 24.3 Å². The van der Waals surface area contributed by atoms with Crippen molar-refractivity contribution in [3.05, 3.63) is 64.7 Å². The van der Waals surface area contributed by atoms with Crippen molar-refractivity contribution in [3.8, 4) is 0 Å². The van der Waals surface area contributed by atoms with Gasteiger partial charge in [-0.3, -0.25) is 19.3 Å². The van der Waals surface area contributed by atoms with E-state index in [2.05, 4.69) is 5.32 Å². The van der Waals surface area contributed by atoms with Crippen molar-refractivity contribution in [1.82, 2.24) is 4.90 Å². The molecule has 1 atom stereocenters. The van der Waals surface area contributed by atoms with Crippen LogP contribution in [0.25, 0.3) is 0 Å². The number of nitrogens with one attached hydrogen (secondary N) is 1.